The van der Waals surface area contributed by atoms with E-state index in [0.29, 0.717) is 6.42 Å². The average molecular weight is 256 g/mol. The number of hydrogen-bond donors (Lipinski definition) is 3. The van der Waals surface area contributed by atoms with Crippen LogP contribution in [0.2, 0.25) is 0 Å². The minimum absolute atomic E-state index is 0.149. The summed E-state index contributed by atoms with van der Waals surface area (Å²) in [6, 6.07) is 0.427. The Morgan fingerprint density at radius 1 is 1.71 bits per heavy atom. The first-order chi connectivity index (χ1) is 7.90. The van der Waals surface area contributed by atoms with Crippen LogP contribution in [0.1, 0.15) is 23.8 Å². The van der Waals surface area contributed by atoms with Crippen molar-refractivity contribution in [2.45, 2.75) is 24.3 Å². The summed E-state index contributed by atoms with van der Waals surface area (Å²) < 4.78 is 25.8. The molecule has 1 unspecified atom stereocenters. The van der Waals surface area contributed by atoms with Crippen LogP contribution < -0.4 is 4.72 Å². The molecular formula is C10H12N2O4S. The average Bonchev–Trinajstić information content (AvgIpc) is 2.75. The first kappa shape index (κ1) is 13.3. The highest BCUT2D eigenvalue weighted by atomic mass is 32.2. The molecule has 1 aromatic rings. The molecule has 0 aliphatic carbocycles. The topological polar surface area (TPSA) is 99.3 Å². The van der Waals surface area contributed by atoms with Crippen molar-refractivity contribution in [2.75, 3.05) is 0 Å². The number of H-pyrrole nitrogens is 1. The van der Waals surface area contributed by atoms with Crippen molar-refractivity contribution in [1.29, 1.82) is 0 Å². The highest BCUT2D eigenvalue weighted by Crippen LogP contribution is 2.11. The third-order valence-corrected chi connectivity index (χ3v) is 3.56. The molecule has 0 radical (unpaired) electrons. The van der Waals surface area contributed by atoms with Gasteiger partial charge in [0.2, 0.25) is 10.0 Å². The largest absolute Gasteiger partial charge is 0.477 e. The summed E-state index contributed by atoms with van der Waals surface area (Å²) in [6.07, 6.45) is 6.70. The molecule has 7 heteroatoms. The fourth-order valence-electron chi connectivity index (χ4n) is 1.14. The summed E-state index contributed by atoms with van der Waals surface area (Å²) in [6.45, 7) is 1.74. The second-order valence-corrected chi connectivity index (χ2v) is 5.02. The van der Waals surface area contributed by atoms with Crippen LogP contribution in [-0.4, -0.2) is 30.5 Å². The lowest BCUT2D eigenvalue weighted by Gasteiger charge is -2.09. The van der Waals surface area contributed by atoms with E-state index >= 15 is 0 Å². The maximum atomic E-state index is 11.8. The number of carboxylic acid groups (broad SMARTS) is 1. The van der Waals surface area contributed by atoms with Gasteiger partial charge in [-0.05, 0) is 12.5 Å². The predicted octanol–water partition coefficient (Wildman–Crippen LogP) is 0.403. The first-order valence-electron chi connectivity index (χ1n) is 4.81. The van der Waals surface area contributed by atoms with Gasteiger partial charge in [0, 0.05) is 6.20 Å². The lowest BCUT2D eigenvalue weighted by atomic mass is 10.3. The van der Waals surface area contributed by atoms with Gasteiger partial charge in [-0.3, -0.25) is 0 Å². The summed E-state index contributed by atoms with van der Waals surface area (Å²) in [5, 5.41) is 8.66. The van der Waals surface area contributed by atoms with Crippen molar-refractivity contribution in [3.8, 4) is 12.3 Å². The van der Waals surface area contributed by atoms with Crippen LogP contribution in [0.3, 0.4) is 0 Å². The third-order valence-electron chi connectivity index (χ3n) is 2.10. The van der Waals surface area contributed by atoms with Gasteiger partial charge in [-0.1, -0.05) is 12.8 Å². The van der Waals surface area contributed by atoms with Crippen LogP contribution in [0.25, 0.3) is 0 Å². The molecule has 6 nitrogen and oxygen atoms in total. The second-order valence-electron chi connectivity index (χ2n) is 3.30. The zero-order valence-electron chi connectivity index (χ0n) is 9.10. The summed E-state index contributed by atoms with van der Waals surface area (Å²) in [7, 11) is -3.78. The fraction of sp³-hybridized carbons (Fsp3) is 0.300. The van der Waals surface area contributed by atoms with E-state index < -0.39 is 22.0 Å². The van der Waals surface area contributed by atoms with E-state index in [9.17, 15) is 13.2 Å². The Bertz CT molecular complexity index is 553. The number of aromatic nitrogens is 1. The molecule has 1 heterocycles. The van der Waals surface area contributed by atoms with E-state index in [0.717, 1.165) is 12.3 Å². The Morgan fingerprint density at radius 3 is 2.76 bits per heavy atom. The van der Waals surface area contributed by atoms with E-state index in [1.54, 1.807) is 6.92 Å². The molecule has 0 bridgehead atoms. The van der Waals surface area contributed by atoms with Crippen molar-refractivity contribution in [3.63, 3.8) is 0 Å². The number of carbonyl (C=O) groups is 1. The van der Waals surface area contributed by atoms with Gasteiger partial charge in [0.05, 0.1) is 6.04 Å². The smallest absolute Gasteiger partial charge is 0.352 e. The standard InChI is InChI=1S/C10H12N2O4S/c1-3-7(4-2)12-17(15,16)8-5-9(10(13)14)11-6-8/h1,5-7,11-12H,4H2,2H3,(H,13,14). The molecule has 3 N–H and O–H groups in total. The molecule has 0 saturated heterocycles. The predicted molar refractivity (Wildman–Crippen MR) is 61.0 cm³/mol. The quantitative estimate of drug-likeness (QED) is 0.664. The molecule has 1 rings (SSSR count). The van der Waals surface area contributed by atoms with Crippen LogP contribution in [0.15, 0.2) is 17.2 Å². The number of carboxylic acids is 1. The lowest BCUT2D eigenvalue weighted by Crippen LogP contribution is -2.32. The van der Waals surface area contributed by atoms with Gasteiger partial charge in [0.25, 0.3) is 0 Å². The Kier molecular flexibility index (Phi) is 3.93. The molecule has 92 valence electrons. The van der Waals surface area contributed by atoms with Crippen LogP contribution in [0, 0.1) is 12.3 Å². The van der Waals surface area contributed by atoms with Crippen LogP contribution in [-0.2, 0) is 10.0 Å². The van der Waals surface area contributed by atoms with Gasteiger partial charge in [-0.25, -0.2) is 13.2 Å². The number of hydrogen-bond acceptors (Lipinski definition) is 3. The minimum Gasteiger partial charge on any atom is -0.477 e. The Morgan fingerprint density at radius 2 is 2.35 bits per heavy atom. The van der Waals surface area contributed by atoms with E-state index in [-0.39, 0.29) is 10.6 Å². The monoisotopic (exact) mass is 256 g/mol. The first-order valence-corrected chi connectivity index (χ1v) is 6.29. The van der Waals surface area contributed by atoms with Crippen molar-refractivity contribution in [1.82, 2.24) is 9.71 Å². The maximum absolute atomic E-state index is 11.8. The van der Waals surface area contributed by atoms with Gasteiger partial charge in [-0.2, -0.15) is 4.72 Å². The molecule has 0 spiro atoms. The molecule has 0 amide bonds. The highest BCUT2D eigenvalue weighted by Gasteiger charge is 2.20. The number of aromatic carboxylic acids is 1. The summed E-state index contributed by atoms with van der Waals surface area (Å²) in [5.74, 6) is 1.06. The summed E-state index contributed by atoms with van der Waals surface area (Å²) in [5.41, 5.74) is -0.195. The van der Waals surface area contributed by atoms with E-state index in [1.807, 2.05) is 0 Å². The van der Waals surface area contributed by atoms with E-state index in [1.165, 1.54) is 0 Å². The molecular weight excluding hydrogens is 244 g/mol. The number of rotatable bonds is 5. The number of sulfonamides is 1. The zero-order valence-corrected chi connectivity index (χ0v) is 9.91. The van der Waals surface area contributed by atoms with E-state index in [4.69, 9.17) is 11.5 Å². The molecule has 0 aromatic carbocycles. The second kappa shape index (κ2) is 5.03. The summed E-state index contributed by atoms with van der Waals surface area (Å²) >= 11 is 0. The van der Waals surface area contributed by atoms with Crippen molar-refractivity contribution < 1.29 is 18.3 Å². The summed E-state index contributed by atoms with van der Waals surface area (Å²) in [4.78, 5) is 12.8. The molecule has 0 fully saturated rings. The maximum Gasteiger partial charge on any atom is 0.352 e. The van der Waals surface area contributed by atoms with Gasteiger partial charge in [-0.15, -0.1) is 6.42 Å². The molecule has 0 aliphatic rings. The van der Waals surface area contributed by atoms with Gasteiger partial charge >= 0.3 is 5.97 Å². The molecule has 0 aliphatic heterocycles. The Labute approximate surface area is 99.1 Å². The Balaban J connectivity index is 2.98. The molecule has 1 atom stereocenters. The third kappa shape index (κ3) is 3.09. The van der Waals surface area contributed by atoms with Crippen LogP contribution in [0.4, 0.5) is 0 Å². The lowest BCUT2D eigenvalue weighted by molar-refractivity contribution is 0.0691. The van der Waals surface area contributed by atoms with Crippen LogP contribution in [0.5, 0.6) is 0 Å². The van der Waals surface area contributed by atoms with Crippen LogP contribution >= 0.6 is 0 Å². The molecule has 0 saturated carbocycles. The van der Waals surface area contributed by atoms with Crippen molar-refractivity contribution in [3.05, 3.63) is 18.0 Å². The SMILES string of the molecule is C#CC(CC)NS(=O)(=O)c1c[nH]c(C(=O)O)c1. The van der Waals surface area contributed by atoms with Gasteiger partial charge in [0.1, 0.15) is 10.6 Å². The van der Waals surface area contributed by atoms with Crippen molar-refractivity contribution in [2.24, 2.45) is 0 Å². The number of terminal acetylenes is 1. The van der Waals surface area contributed by atoms with Gasteiger partial charge in [0.15, 0.2) is 0 Å². The Hall–Kier alpha value is -1.78. The normalized spacial score (nSPS) is 12.9. The molecule has 1 aromatic heterocycles. The zero-order chi connectivity index (χ0) is 13.1. The minimum atomic E-state index is -3.78. The highest BCUT2D eigenvalue weighted by molar-refractivity contribution is 7.89. The molecule has 17 heavy (non-hydrogen) atoms. The van der Waals surface area contributed by atoms with Crippen molar-refractivity contribution >= 4 is 16.0 Å². The fourth-order valence-corrected chi connectivity index (χ4v) is 2.38. The number of aromatic amines is 1. The number of nitrogens with one attached hydrogen (secondary N) is 2. The van der Waals surface area contributed by atoms with E-state index in [2.05, 4.69) is 15.6 Å². The van der Waals surface area contributed by atoms with Gasteiger partial charge < -0.3 is 10.1 Å².